The molecule has 82 valence electrons. The number of aromatic amines is 1. The molecule has 1 N–H and O–H groups in total. The van der Waals surface area contributed by atoms with Crippen molar-refractivity contribution >= 4 is 26.8 Å². The summed E-state index contributed by atoms with van der Waals surface area (Å²) in [6.07, 6.45) is 2.96. The number of rotatable bonds is 1. The standard InChI is InChI=1S/C12H11BrN2O/c13-7-4-5-8-9-2-1-3-10(15-16)12(9)14-11(8)6-7/h4-6,10,14H,1-3H2. The maximum absolute atomic E-state index is 10.8. The molecule has 1 unspecified atom stereocenters. The number of hydrogen-bond donors (Lipinski definition) is 1. The number of nitroso groups, excluding NO2 is 1. The Labute approximate surface area is 101 Å². The molecule has 0 aliphatic heterocycles. The third-order valence-corrected chi connectivity index (χ3v) is 3.76. The minimum Gasteiger partial charge on any atom is -0.356 e. The minimum absolute atomic E-state index is 0.185. The lowest BCUT2D eigenvalue weighted by Gasteiger charge is -2.15. The van der Waals surface area contributed by atoms with Crippen molar-refractivity contribution in [3.05, 3.63) is 38.8 Å². The van der Waals surface area contributed by atoms with Crippen LogP contribution in [0.3, 0.4) is 0 Å². The van der Waals surface area contributed by atoms with E-state index in [1.165, 1.54) is 10.9 Å². The van der Waals surface area contributed by atoms with Crippen molar-refractivity contribution in [3.63, 3.8) is 0 Å². The van der Waals surface area contributed by atoms with E-state index >= 15 is 0 Å². The molecule has 1 aromatic heterocycles. The van der Waals surface area contributed by atoms with Gasteiger partial charge < -0.3 is 4.98 Å². The van der Waals surface area contributed by atoms with Gasteiger partial charge in [0.15, 0.2) is 0 Å². The van der Waals surface area contributed by atoms with Gasteiger partial charge >= 0.3 is 0 Å². The average molecular weight is 279 g/mol. The highest BCUT2D eigenvalue weighted by atomic mass is 79.9. The molecule has 0 radical (unpaired) electrons. The molecule has 0 spiro atoms. The Morgan fingerprint density at radius 2 is 2.31 bits per heavy atom. The number of aromatic nitrogens is 1. The third kappa shape index (κ3) is 1.40. The molecule has 3 rings (SSSR count). The Morgan fingerprint density at radius 3 is 3.12 bits per heavy atom. The molecule has 1 aliphatic rings. The topological polar surface area (TPSA) is 45.2 Å². The van der Waals surface area contributed by atoms with Crippen LogP contribution >= 0.6 is 15.9 Å². The molecule has 0 fully saturated rings. The van der Waals surface area contributed by atoms with E-state index < -0.39 is 0 Å². The fraction of sp³-hybridized carbons (Fsp3) is 0.333. The zero-order valence-electron chi connectivity index (χ0n) is 8.66. The van der Waals surface area contributed by atoms with Crippen molar-refractivity contribution in [1.29, 1.82) is 0 Å². The van der Waals surface area contributed by atoms with E-state index in [4.69, 9.17) is 0 Å². The number of fused-ring (bicyclic) bond motifs is 3. The summed E-state index contributed by atoms with van der Waals surface area (Å²) in [4.78, 5) is 14.1. The van der Waals surface area contributed by atoms with Crippen LogP contribution in [0.4, 0.5) is 0 Å². The number of aryl methyl sites for hydroxylation is 1. The van der Waals surface area contributed by atoms with Crippen molar-refractivity contribution in [2.24, 2.45) is 5.18 Å². The maximum Gasteiger partial charge on any atom is 0.132 e. The quantitative estimate of drug-likeness (QED) is 0.785. The van der Waals surface area contributed by atoms with Gasteiger partial charge in [-0.25, -0.2) is 0 Å². The second-order valence-corrected chi connectivity index (χ2v) is 5.14. The molecule has 4 heteroatoms. The number of halogens is 1. The Kier molecular flexibility index (Phi) is 2.32. The van der Waals surface area contributed by atoms with E-state index in [9.17, 15) is 4.91 Å². The Bertz CT molecular complexity index is 561. The van der Waals surface area contributed by atoms with Gasteiger partial charge in [0, 0.05) is 21.1 Å². The lowest BCUT2D eigenvalue weighted by Crippen LogP contribution is -2.06. The minimum atomic E-state index is -0.185. The molecule has 1 atom stereocenters. The number of nitrogens with one attached hydrogen (secondary N) is 1. The molecule has 2 aromatic rings. The zero-order chi connectivity index (χ0) is 11.1. The summed E-state index contributed by atoms with van der Waals surface area (Å²) in [6.45, 7) is 0. The van der Waals surface area contributed by atoms with Gasteiger partial charge in [-0.15, -0.1) is 0 Å². The van der Waals surface area contributed by atoms with E-state index in [1.807, 2.05) is 6.07 Å². The summed E-state index contributed by atoms with van der Waals surface area (Å²) in [5.41, 5.74) is 3.39. The molecular formula is C12H11BrN2O. The predicted octanol–water partition coefficient (Wildman–Crippen LogP) is 4.07. The first-order valence-electron chi connectivity index (χ1n) is 5.42. The summed E-state index contributed by atoms with van der Waals surface area (Å²) in [6, 6.07) is 6.00. The maximum atomic E-state index is 10.8. The fourth-order valence-electron chi connectivity index (χ4n) is 2.52. The molecule has 0 saturated carbocycles. The largest absolute Gasteiger partial charge is 0.356 e. The van der Waals surface area contributed by atoms with Crippen LogP contribution < -0.4 is 0 Å². The SMILES string of the molecule is O=NC1CCCc2c1[nH]c1cc(Br)ccc21. The smallest absolute Gasteiger partial charge is 0.132 e. The first kappa shape index (κ1) is 10.0. The summed E-state index contributed by atoms with van der Waals surface area (Å²) in [5.74, 6) is 0. The van der Waals surface area contributed by atoms with Gasteiger partial charge in [-0.1, -0.05) is 27.2 Å². The lowest BCUT2D eigenvalue weighted by molar-refractivity contribution is 0.561. The number of hydrogen-bond acceptors (Lipinski definition) is 2. The Morgan fingerprint density at radius 1 is 1.44 bits per heavy atom. The normalized spacial score (nSPS) is 19.7. The summed E-state index contributed by atoms with van der Waals surface area (Å²) >= 11 is 3.45. The van der Waals surface area contributed by atoms with Crippen LogP contribution in [0.5, 0.6) is 0 Å². The molecule has 1 aromatic carbocycles. The first-order chi connectivity index (χ1) is 7.79. The van der Waals surface area contributed by atoms with Gasteiger partial charge in [0.1, 0.15) is 6.04 Å². The molecule has 0 bridgehead atoms. The fourth-order valence-corrected chi connectivity index (χ4v) is 2.89. The van der Waals surface area contributed by atoms with Crippen LogP contribution in [0.2, 0.25) is 0 Å². The van der Waals surface area contributed by atoms with Gasteiger partial charge in [-0.05, 0) is 37.0 Å². The molecule has 0 saturated heterocycles. The summed E-state index contributed by atoms with van der Waals surface area (Å²) < 4.78 is 1.05. The van der Waals surface area contributed by atoms with Crippen molar-refractivity contribution in [2.45, 2.75) is 25.3 Å². The van der Waals surface area contributed by atoms with Crippen LogP contribution in [-0.4, -0.2) is 4.98 Å². The van der Waals surface area contributed by atoms with E-state index in [0.29, 0.717) is 0 Å². The van der Waals surface area contributed by atoms with E-state index in [2.05, 4.69) is 38.2 Å². The number of benzene rings is 1. The lowest BCUT2D eigenvalue weighted by atomic mass is 9.92. The highest BCUT2D eigenvalue weighted by Crippen LogP contribution is 2.37. The van der Waals surface area contributed by atoms with Crippen LogP contribution in [0.15, 0.2) is 27.8 Å². The highest BCUT2D eigenvalue weighted by Gasteiger charge is 2.24. The molecule has 1 aliphatic carbocycles. The molecule has 0 amide bonds. The van der Waals surface area contributed by atoms with Gasteiger partial charge in [0.2, 0.25) is 0 Å². The van der Waals surface area contributed by atoms with Crippen molar-refractivity contribution in [2.75, 3.05) is 0 Å². The van der Waals surface area contributed by atoms with Gasteiger partial charge in [0.05, 0.1) is 0 Å². The number of H-pyrrole nitrogens is 1. The van der Waals surface area contributed by atoms with Crippen LogP contribution in [-0.2, 0) is 6.42 Å². The Hall–Kier alpha value is -1.16. The number of nitrogens with zero attached hydrogens (tertiary/aromatic N) is 1. The molecular weight excluding hydrogens is 268 g/mol. The average Bonchev–Trinajstić information content (AvgIpc) is 2.65. The van der Waals surface area contributed by atoms with E-state index in [-0.39, 0.29) is 6.04 Å². The molecule has 1 heterocycles. The highest BCUT2D eigenvalue weighted by molar-refractivity contribution is 9.10. The van der Waals surface area contributed by atoms with Gasteiger partial charge in [0.25, 0.3) is 0 Å². The zero-order valence-corrected chi connectivity index (χ0v) is 10.3. The summed E-state index contributed by atoms with van der Waals surface area (Å²) in [7, 11) is 0. The van der Waals surface area contributed by atoms with Crippen LogP contribution in [0.25, 0.3) is 10.9 Å². The van der Waals surface area contributed by atoms with Crippen molar-refractivity contribution < 1.29 is 0 Å². The second kappa shape index (κ2) is 3.70. The molecule has 16 heavy (non-hydrogen) atoms. The predicted molar refractivity (Wildman–Crippen MR) is 67.5 cm³/mol. The third-order valence-electron chi connectivity index (χ3n) is 3.27. The van der Waals surface area contributed by atoms with Crippen LogP contribution in [0, 0.1) is 4.91 Å². The van der Waals surface area contributed by atoms with Gasteiger partial charge in [-0.2, -0.15) is 4.91 Å². The van der Waals surface area contributed by atoms with E-state index in [1.54, 1.807) is 0 Å². The Balaban J connectivity index is 2.27. The van der Waals surface area contributed by atoms with E-state index in [0.717, 1.165) is 34.9 Å². The monoisotopic (exact) mass is 278 g/mol. The second-order valence-electron chi connectivity index (χ2n) is 4.22. The van der Waals surface area contributed by atoms with Crippen molar-refractivity contribution in [1.82, 2.24) is 4.98 Å². The van der Waals surface area contributed by atoms with Gasteiger partial charge in [-0.3, -0.25) is 0 Å². The summed E-state index contributed by atoms with van der Waals surface area (Å²) in [5, 5.41) is 4.44. The first-order valence-corrected chi connectivity index (χ1v) is 6.21. The van der Waals surface area contributed by atoms with Crippen LogP contribution in [0.1, 0.15) is 30.1 Å². The molecule has 3 nitrogen and oxygen atoms in total. The van der Waals surface area contributed by atoms with Crippen molar-refractivity contribution in [3.8, 4) is 0 Å².